The largest absolute Gasteiger partial charge is 0.396 e. The van der Waals surface area contributed by atoms with Gasteiger partial charge in [-0.15, -0.1) is 0 Å². The molecule has 7 heteroatoms. The van der Waals surface area contributed by atoms with Gasteiger partial charge in [0.25, 0.3) is 0 Å². The van der Waals surface area contributed by atoms with E-state index in [1.807, 2.05) is 18.4 Å². The lowest BCUT2D eigenvalue weighted by molar-refractivity contribution is 0.636. The lowest BCUT2D eigenvalue weighted by Gasteiger charge is -2.08. The Labute approximate surface area is 154 Å². The number of hydrogen-bond donors (Lipinski definition) is 2. The molecule has 0 saturated heterocycles. The molecular formula is C18H16ClFN4S. The predicted molar refractivity (Wildman–Crippen MR) is 100 cm³/mol. The quantitative estimate of drug-likeness (QED) is 0.378. The van der Waals surface area contributed by atoms with Gasteiger partial charge in [0, 0.05) is 28.0 Å². The van der Waals surface area contributed by atoms with Crippen LogP contribution in [0, 0.1) is 5.82 Å². The Morgan fingerprint density at radius 2 is 2.08 bits per heavy atom. The van der Waals surface area contributed by atoms with Crippen molar-refractivity contribution in [2.75, 3.05) is 12.0 Å². The number of rotatable bonds is 4. The number of thioether (sulfide) groups is 1. The van der Waals surface area contributed by atoms with Gasteiger partial charge in [0.05, 0.1) is 17.1 Å². The van der Waals surface area contributed by atoms with Crippen LogP contribution in [0.1, 0.15) is 24.5 Å². The molecule has 2 aromatic heterocycles. The average molecular weight is 375 g/mol. The maximum atomic E-state index is 14.7. The number of H-pyrrole nitrogens is 1. The third-order valence-corrected chi connectivity index (χ3v) is 5.06. The van der Waals surface area contributed by atoms with Gasteiger partial charge in [-0.3, -0.25) is 0 Å². The number of aromatic amines is 1. The highest BCUT2D eigenvalue weighted by atomic mass is 35.5. The van der Waals surface area contributed by atoms with Gasteiger partial charge in [0.1, 0.15) is 0 Å². The Hall–Kier alpha value is -2.05. The van der Waals surface area contributed by atoms with Crippen LogP contribution in [-0.2, 0) is 0 Å². The van der Waals surface area contributed by atoms with Crippen molar-refractivity contribution in [3.63, 3.8) is 0 Å². The van der Waals surface area contributed by atoms with E-state index >= 15 is 0 Å². The van der Waals surface area contributed by atoms with Crippen LogP contribution in [0.25, 0.3) is 22.5 Å². The zero-order valence-electron chi connectivity index (χ0n) is 13.5. The minimum atomic E-state index is -0.467. The van der Waals surface area contributed by atoms with Gasteiger partial charge in [0.15, 0.2) is 11.0 Å². The fourth-order valence-electron chi connectivity index (χ4n) is 2.89. The van der Waals surface area contributed by atoms with Crippen LogP contribution >= 0.6 is 23.4 Å². The fourth-order valence-corrected chi connectivity index (χ4v) is 3.47. The summed E-state index contributed by atoms with van der Waals surface area (Å²) in [6.07, 6.45) is 5.90. The number of nitrogen functional groups attached to an aromatic ring is 1. The molecule has 1 saturated carbocycles. The van der Waals surface area contributed by atoms with Crippen molar-refractivity contribution < 1.29 is 4.39 Å². The number of nitrogens with zero attached hydrogens (tertiary/aromatic N) is 2. The van der Waals surface area contributed by atoms with E-state index in [0.717, 1.165) is 35.5 Å². The van der Waals surface area contributed by atoms with Crippen LogP contribution in [0.5, 0.6) is 0 Å². The molecule has 1 fully saturated rings. The summed E-state index contributed by atoms with van der Waals surface area (Å²) in [6.45, 7) is 0. The molecule has 0 aliphatic heterocycles. The highest BCUT2D eigenvalue weighted by molar-refractivity contribution is 7.98. The smallest absolute Gasteiger partial charge is 0.187 e. The number of benzene rings is 1. The number of aromatic nitrogens is 3. The maximum Gasteiger partial charge on any atom is 0.187 e. The summed E-state index contributed by atoms with van der Waals surface area (Å²) in [4.78, 5) is 12.2. The first-order chi connectivity index (χ1) is 12.1. The number of halogens is 2. The Bertz CT molecular complexity index is 952. The van der Waals surface area contributed by atoms with Gasteiger partial charge in [-0.2, -0.15) is 0 Å². The lowest BCUT2D eigenvalue weighted by Crippen LogP contribution is -1.95. The molecule has 128 valence electrons. The van der Waals surface area contributed by atoms with Crippen LogP contribution in [0.3, 0.4) is 0 Å². The molecule has 1 aliphatic carbocycles. The van der Waals surface area contributed by atoms with Gasteiger partial charge in [-0.05, 0) is 49.3 Å². The second-order valence-corrected chi connectivity index (χ2v) is 7.28. The number of nitrogens with one attached hydrogen (secondary N) is 1. The molecule has 0 atom stereocenters. The topological polar surface area (TPSA) is 67.6 Å². The van der Waals surface area contributed by atoms with Crippen molar-refractivity contribution in [2.45, 2.75) is 23.9 Å². The van der Waals surface area contributed by atoms with Gasteiger partial charge in [-0.25, -0.2) is 14.4 Å². The van der Waals surface area contributed by atoms with E-state index in [-0.39, 0.29) is 5.69 Å². The predicted octanol–water partition coefficient (Wildman–Crippen LogP) is 5.11. The third kappa shape index (κ3) is 3.12. The number of hydrogen-bond acceptors (Lipinski definition) is 4. The summed E-state index contributed by atoms with van der Waals surface area (Å²) in [5, 5.41) is 1.07. The molecule has 3 N–H and O–H groups in total. The molecule has 1 aliphatic rings. The second kappa shape index (κ2) is 6.35. The summed E-state index contributed by atoms with van der Waals surface area (Å²) in [7, 11) is 0. The van der Waals surface area contributed by atoms with Crippen LogP contribution in [0.2, 0.25) is 5.02 Å². The van der Waals surface area contributed by atoms with Gasteiger partial charge < -0.3 is 10.7 Å². The highest BCUT2D eigenvalue weighted by Crippen LogP contribution is 2.44. The Morgan fingerprint density at radius 1 is 1.28 bits per heavy atom. The normalized spacial score (nSPS) is 14.0. The average Bonchev–Trinajstić information content (AvgIpc) is 3.37. The Morgan fingerprint density at radius 3 is 2.80 bits per heavy atom. The SMILES string of the molecule is CSc1nccc(-c2[nH]c(C3CC3)cc2-c2cc(Cl)cc(N)c2F)n1. The van der Waals surface area contributed by atoms with Crippen molar-refractivity contribution in [1.82, 2.24) is 15.0 Å². The van der Waals surface area contributed by atoms with Crippen molar-refractivity contribution >= 4 is 29.1 Å². The van der Waals surface area contributed by atoms with Gasteiger partial charge >= 0.3 is 0 Å². The van der Waals surface area contributed by atoms with Crippen molar-refractivity contribution in [2.24, 2.45) is 0 Å². The summed E-state index contributed by atoms with van der Waals surface area (Å²) >= 11 is 7.58. The number of nitrogens with two attached hydrogens (primary N) is 1. The minimum absolute atomic E-state index is 0.0371. The molecule has 0 amide bonds. The molecule has 3 aromatic rings. The molecule has 4 nitrogen and oxygen atoms in total. The fraction of sp³-hybridized carbons (Fsp3) is 0.222. The molecule has 2 heterocycles. The molecule has 0 unspecified atom stereocenters. The molecule has 0 bridgehead atoms. The zero-order chi connectivity index (χ0) is 17.6. The van der Waals surface area contributed by atoms with Crippen LogP contribution in [0.4, 0.5) is 10.1 Å². The van der Waals surface area contributed by atoms with E-state index in [1.54, 1.807) is 12.3 Å². The third-order valence-electron chi connectivity index (χ3n) is 4.28. The summed E-state index contributed by atoms with van der Waals surface area (Å²) in [5.41, 5.74) is 9.49. The van der Waals surface area contributed by atoms with Crippen LogP contribution in [0.15, 0.2) is 35.6 Å². The zero-order valence-corrected chi connectivity index (χ0v) is 15.1. The monoisotopic (exact) mass is 374 g/mol. The lowest BCUT2D eigenvalue weighted by atomic mass is 10.0. The number of anilines is 1. The summed E-state index contributed by atoms with van der Waals surface area (Å²) in [6, 6.07) is 6.83. The molecule has 25 heavy (non-hydrogen) atoms. The molecular weight excluding hydrogens is 359 g/mol. The first-order valence-corrected chi connectivity index (χ1v) is 9.52. The van der Waals surface area contributed by atoms with E-state index in [9.17, 15) is 4.39 Å². The van der Waals surface area contributed by atoms with E-state index in [2.05, 4.69) is 15.0 Å². The standard InChI is InChI=1S/C18H16ClFN4S/c1-25-18-22-5-4-14(24-18)17-12(8-15(23-17)9-2-3-9)11-6-10(19)7-13(21)16(11)20/h4-9,23H,2-3,21H2,1H3. The minimum Gasteiger partial charge on any atom is -0.396 e. The van der Waals surface area contributed by atoms with Crippen molar-refractivity contribution in [3.05, 3.63) is 47.0 Å². The van der Waals surface area contributed by atoms with E-state index in [0.29, 0.717) is 21.7 Å². The molecule has 0 radical (unpaired) electrons. The van der Waals surface area contributed by atoms with Crippen molar-refractivity contribution in [3.8, 4) is 22.5 Å². The van der Waals surface area contributed by atoms with Crippen molar-refractivity contribution in [1.29, 1.82) is 0 Å². The highest BCUT2D eigenvalue weighted by Gasteiger charge is 2.28. The first-order valence-electron chi connectivity index (χ1n) is 7.92. The van der Waals surface area contributed by atoms with Gasteiger partial charge in [0.2, 0.25) is 0 Å². The first kappa shape index (κ1) is 16.4. The van der Waals surface area contributed by atoms with Crippen LogP contribution < -0.4 is 5.73 Å². The Balaban J connectivity index is 1.93. The second-order valence-electron chi connectivity index (χ2n) is 6.07. The van der Waals surface area contributed by atoms with Crippen LogP contribution in [-0.4, -0.2) is 21.2 Å². The summed E-state index contributed by atoms with van der Waals surface area (Å²) in [5.74, 6) is 0.0279. The van der Waals surface area contributed by atoms with E-state index in [1.165, 1.54) is 17.8 Å². The van der Waals surface area contributed by atoms with E-state index < -0.39 is 5.82 Å². The maximum absolute atomic E-state index is 14.7. The molecule has 4 rings (SSSR count). The summed E-state index contributed by atoms with van der Waals surface area (Å²) < 4.78 is 14.7. The van der Waals surface area contributed by atoms with E-state index in [4.69, 9.17) is 17.3 Å². The van der Waals surface area contributed by atoms with Gasteiger partial charge in [-0.1, -0.05) is 23.4 Å². The Kier molecular flexibility index (Phi) is 4.17. The molecule has 0 spiro atoms. The molecule has 1 aromatic carbocycles.